The van der Waals surface area contributed by atoms with E-state index in [-0.39, 0.29) is 0 Å². The third-order valence-electron chi connectivity index (χ3n) is 5.25. The maximum absolute atomic E-state index is 13.4. The SMILES string of the molecule is O=[N+]([O-])N1CC(N(F)F)(N(F)F)CN([N+](=O)[O-])C1C1N([N+](=O)[O-])CC(N(F)F)(N(F)F)CN1[N+](=O)[O-]. The van der Waals surface area contributed by atoms with Crippen molar-refractivity contribution in [2.24, 2.45) is 0 Å². The Morgan fingerprint density at radius 2 is 0.667 bits per heavy atom. The molecule has 2 aliphatic heterocycles. The zero-order valence-electron chi connectivity index (χ0n) is 16.6. The normalized spacial score (nSPS) is 21.1. The van der Waals surface area contributed by atoms with E-state index in [2.05, 4.69) is 0 Å². The molecule has 36 heavy (non-hydrogen) atoms. The average Bonchev–Trinajstić information content (AvgIpc) is 2.76. The molecule has 2 fully saturated rings. The molecule has 0 aromatic rings. The summed E-state index contributed by atoms with van der Waals surface area (Å²) in [6.45, 7) is -8.87. The van der Waals surface area contributed by atoms with Crippen LogP contribution in [0.15, 0.2) is 0 Å². The van der Waals surface area contributed by atoms with Crippen LogP contribution >= 0.6 is 0 Å². The van der Waals surface area contributed by atoms with Gasteiger partial charge in [0.25, 0.3) is 12.3 Å². The number of hydrogen-bond donors (Lipinski definition) is 0. The van der Waals surface area contributed by atoms with Gasteiger partial charge in [0, 0.05) is 0 Å². The molecule has 2 saturated heterocycles. The van der Waals surface area contributed by atoms with Crippen molar-refractivity contribution in [1.82, 2.24) is 41.4 Å². The topological polar surface area (TPSA) is 198 Å². The quantitative estimate of drug-likeness (QED) is 0.114. The van der Waals surface area contributed by atoms with Crippen molar-refractivity contribution in [3.8, 4) is 0 Å². The first-order valence-electron chi connectivity index (χ1n) is 8.55. The highest BCUT2D eigenvalue weighted by Crippen LogP contribution is 2.39. The zero-order valence-corrected chi connectivity index (χ0v) is 16.6. The van der Waals surface area contributed by atoms with Gasteiger partial charge >= 0.3 is 0 Å². The predicted molar refractivity (Wildman–Crippen MR) is 84.1 cm³/mol. The molecule has 0 spiro atoms. The minimum absolute atomic E-state index is 0.861. The fourth-order valence-corrected chi connectivity index (χ4v) is 3.59. The van der Waals surface area contributed by atoms with Crippen molar-refractivity contribution in [2.75, 3.05) is 26.2 Å². The summed E-state index contributed by atoms with van der Waals surface area (Å²) in [5.41, 5.74) is -8.34. The van der Waals surface area contributed by atoms with E-state index in [4.69, 9.17) is 0 Å². The summed E-state index contributed by atoms with van der Waals surface area (Å²) in [5.74, 6) is 0. The van der Waals surface area contributed by atoms with E-state index in [1.54, 1.807) is 0 Å². The number of hydrazine groups is 4. The van der Waals surface area contributed by atoms with E-state index in [0.29, 0.717) is 0 Å². The smallest absolute Gasteiger partial charge is 0.235 e. The van der Waals surface area contributed by atoms with Gasteiger partial charge < -0.3 is 0 Å². The fraction of sp³-hybridized carbons (Fsp3) is 1.00. The molecule has 206 valence electrons. The van der Waals surface area contributed by atoms with E-state index in [1.807, 2.05) is 0 Å². The van der Waals surface area contributed by atoms with Crippen LogP contribution in [0.25, 0.3) is 0 Å². The third kappa shape index (κ3) is 4.39. The summed E-state index contributed by atoms with van der Waals surface area (Å²) in [7, 11) is 0. The third-order valence-corrected chi connectivity index (χ3v) is 5.25. The first-order chi connectivity index (χ1) is 16.4. The molecule has 0 N–H and O–H groups in total. The molecule has 0 atom stereocenters. The Labute approximate surface area is 189 Å². The van der Waals surface area contributed by atoms with Gasteiger partial charge in [-0.05, 0) is 0 Å². The van der Waals surface area contributed by atoms with Gasteiger partial charge in [-0.3, -0.25) is 0 Å². The first-order valence-corrected chi connectivity index (χ1v) is 8.55. The van der Waals surface area contributed by atoms with Gasteiger partial charge in [0.05, 0.1) is 21.4 Å². The minimum atomic E-state index is -4.17. The van der Waals surface area contributed by atoms with E-state index in [9.17, 15) is 76.3 Å². The molecule has 2 rings (SSSR count). The Morgan fingerprint density at radius 1 is 0.500 bits per heavy atom. The Hall–Kier alpha value is -3.92. The van der Waals surface area contributed by atoms with Crippen molar-refractivity contribution < 1.29 is 56.0 Å². The van der Waals surface area contributed by atoms with Crippen molar-refractivity contribution in [3.63, 3.8) is 0 Å². The molecule has 0 radical (unpaired) electrons. The van der Waals surface area contributed by atoms with Crippen molar-refractivity contribution in [2.45, 2.75) is 23.7 Å². The van der Waals surface area contributed by atoms with E-state index < -0.39 is 111 Å². The second-order valence-corrected chi connectivity index (χ2v) is 7.07. The molecule has 0 aromatic heterocycles. The Kier molecular flexibility index (Phi) is 7.56. The Balaban J connectivity index is 2.78. The van der Waals surface area contributed by atoms with Gasteiger partial charge in [0.15, 0.2) is 20.1 Å². The summed E-state index contributed by atoms with van der Waals surface area (Å²) in [6, 6.07) is 0. The van der Waals surface area contributed by atoms with Crippen LogP contribution in [-0.2, 0) is 0 Å². The summed E-state index contributed by atoms with van der Waals surface area (Å²) < 4.78 is 107. The number of nitro groups is 4. The summed E-state index contributed by atoms with van der Waals surface area (Å²) >= 11 is 0. The number of halogens is 8. The standard InChI is InChI=1S/C8H10F8N12O8/c9-21(10)7(22(11)12)1-17(25(29)30)5(18(2-7)26(31)32)6-19(27(33)34)3-8(23(13)14,24(15)16)4-20(6)28(35)36/h5-6H,1-4H2. The van der Waals surface area contributed by atoms with Crippen LogP contribution in [0.3, 0.4) is 0 Å². The van der Waals surface area contributed by atoms with Crippen LogP contribution in [-0.4, -0.2) is 111 Å². The highest BCUT2D eigenvalue weighted by atomic mass is 19.4. The summed E-state index contributed by atoms with van der Waals surface area (Å²) in [4.78, 5) is 46.1. The molecule has 0 unspecified atom stereocenters. The molecule has 0 aromatic carbocycles. The van der Waals surface area contributed by atoms with Crippen LogP contribution < -0.4 is 0 Å². The van der Waals surface area contributed by atoms with Gasteiger partial charge in [-0.2, -0.15) is 0 Å². The summed E-state index contributed by atoms with van der Waals surface area (Å²) in [6.07, 6.45) is -6.26. The molecule has 2 aliphatic rings. The Bertz CT molecular complexity index is 763. The molecular weight excluding hydrogens is 544 g/mol. The molecule has 0 aliphatic carbocycles. The van der Waals surface area contributed by atoms with Gasteiger partial charge in [-0.15, -0.1) is 0 Å². The molecule has 0 bridgehead atoms. The number of nitrogens with zero attached hydrogens (tertiary/aromatic N) is 12. The van der Waals surface area contributed by atoms with Gasteiger partial charge in [0.2, 0.25) is 11.3 Å². The highest BCUT2D eigenvalue weighted by molar-refractivity contribution is 4.97. The largest absolute Gasteiger partial charge is 0.267 e. The van der Waals surface area contributed by atoms with E-state index in [1.165, 1.54) is 0 Å². The molecule has 20 nitrogen and oxygen atoms in total. The number of rotatable bonds is 9. The maximum atomic E-state index is 13.4. The fourth-order valence-electron chi connectivity index (χ4n) is 3.59. The van der Waals surface area contributed by atoms with Crippen molar-refractivity contribution >= 4 is 0 Å². The second-order valence-electron chi connectivity index (χ2n) is 7.07. The average molecular weight is 554 g/mol. The maximum Gasteiger partial charge on any atom is 0.267 e. The first kappa shape index (κ1) is 28.3. The van der Waals surface area contributed by atoms with Gasteiger partial charge in [-0.1, -0.05) is 55.9 Å². The van der Waals surface area contributed by atoms with Crippen LogP contribution in [0.1, 0.15) is 0 Å². The monoisotopic (exact) mass is 554 g/mol. The van der Waals surface area contributed by atoms with Crippen molar-refractivity contribution in [1.29, 1.82) is 0 Å². The van der Waals surface area contributed by atoms with Crippen LogP contribution in [0.4, 0.5) is 35.9 Å². The highest BCUT2D eigenvalue weighted by Gasteiger charge is 2.71. The molecule has 0 saturated carbocycles. The van der Waals surface area contributed by atoms with Crippen LogP contribution in [0, 0.1) is 40.5 Å². The Morgan fingerprint density at radius 3 is 0.778 bits per heavy atom. The summed E-state index contributed by atoms with van der Waals surface area (Å²) in [5, 5.41) is 25.7. The molecule has 2 heterocycles. The molecule has 28 heteroatoms. The zero-order chi connectivity index (χ0) is 27.9. The lowest BCUT2D eigenvalue weighted by Crippen LogP contribution is -2.82. The lowest BCUT2D eigenvalue weighted by atomic mass is 10.0. The van der Waals surface area contributed by atoms with Crippen LogP contribution in [0.2, 0.25) is 0 Å². The lowest BCUT2D eigenvalue weighted by Gasteiger charge is -2.49. The van der Waals surface area contributed by atoms with Gasteiger partial charge in [0.1, 0.15) is 26.2 Å². The van der Waals surface area contributed by atoms with E-state index in [0.717, 1.165) is 0 Å². The van der Waals surface area contributed by atoms with Gasteiger partial charge in [-0.25, -0.2) is 40.5 Å². The predicted octanol–water partition coefficient (Wildman–Crippen LogP) is -0.683. The van der Waals surface area contributed by atoms with E-state index >= 15 is 0 Å². The number of hydrogen-bond acceptors (Lipinski definition) is 12. The second kappa shape index (κ2) is 9.62. The van der Waals surface area contributed by atoms with Crippen molar-refractivity contribution in [3.05, 3.63) is 40.5 Å². The molecule has 0 amide bonds. The molecular formula is C8H10F8N12O8. The minimum Gasteiger partial charge on any atom is -0.235 e. The van der Waals surface area contributed by atoms with Crippen LogP contribution in [0.5, 0.6) is 0 Å². The lowest BCUT2D eigenvalue weighted by molar-refractivity contribution is -0.787.